The van der Waals surface area contributed by atoms with Crippen LogP contribution >= 0.6 is 11.6 Å². The highest BCUT2D eigenvalue weighted by atomic mass is 35.5. The van der Waals surface area contributed by atoms with Gasteiger partial charge < -0.3 is 14.6 Å². The topological polar surface area (TPSA) is 138 Å². The minimum atomic E-state index is -4.83. The van der Waals surface area contributed by atoms with Crippen LogP contribution in [0.15, 0.2) is 132 Å². The van der Waals surface area contributed by atoms with Gasteiger partial charge in [-0.1, -0.05) is 103 Å². The van der Waals surface area contributed by atoms with Crippen molar-refractivity contribution >= 4 is 49.1 Å². The Labute approximate surface area is 305 Å². The number of nitrogens with one attached hydrogen (secondary N) is 1. The molecule has 0 radical (unpaired) electrons. The summed E-state index contributed by atoms with van der Waals surface area (Å²) in [5.41, 5.74) is 4.07. The fraction of sp³-hybridized carbons (Fsp3) is 0.150. The van der Waals surface area contributed by atoms with Gasteiger partial charge in [-0.3, -0.25) is 19.7 Å². The summed E-state index contributed by atoms with van der Waals surface area (Å²) in [5.74, 6) is -0.0611. The summed E-state index contributed by atoms with van der Waals surface area (Å²) >= 11 is 5.91. The molecule has 264 valence electrons. The highest BCUT2D eigenvalue weighted by Crippen LogP contribution is 2.29. The Balaban J connectivity index is 1.31. The first-order chi connectivity index (χ1) is 25.0. The lowest BCUT2D eigenvalue weighted by molar-refractivity contribution is -0.384. The Hall–Kier alpha value is -5.78. The smallest absolute Gasteiger partial charge is 0.289 e. The van der Waals surface area contributed by atoms with Gasteiger partial charge in [-0.05, 0) is 59.0 Å². The Morgan fingerprint density at radius 3 is 2.21 bits per heavy atom. The normalized spacial score (nSPS) is 12.0. The number of hydrogen-bond donors (Lipinski definition) is 1. The van der Waals surface area contributed by atoms with E-state index in [2.05, 4.69) is 5.32 Å². The van der Waals surface area contributed by atoms with Gasteiger partial charge in [0.25, 0.3) is 16.7 Å². The van der Waals surface area contributed by atoms with E-state index in [1.807, 2.05) is 78.2 Å². The molecular formula is C40H34ClN3O7S. The van der Waals surface area contributed by atoms with Gasteiger partial charge in [0.05, 0.1) is 22.0 Å². The number of carbonyl (C=O) groups is 2. The first-order valence-corrected chi connectivity index (χ1v) is 18.4. The van der Waals surface area contributed by atoms with Gasteiger partial charge in [0.2, 0.25) is 9.84 Å². The zero-order valence-electron chi connectivity index (χ0n) is 28.1. The number of carbonyl (C=O) groups excluding carboxylic acids is 2. The fourth-order valence-corrected chi connectivity index (χ4v) is 7.35. The molecule has 1 amide bonds. The molecule has 0 fully saturated rings. The number of para-hydroxylation sites is 1. The van der Waals surface area contributed by atoms with Crippen LogP contribution < -0.4 is 10.1 Å². The molecule has 0 saturated carbocycles. The van der Waals surface area contributed by atoms with E-state index in [0.29, 0.717) is 29.9 Å². The van der Waals surface area contributed by atoms with Crippen LogP contribution in [0, 0.1) is 10.1 Å². The SMILES string of the molecule is CCCOc1ccc(C[C@H](NC(=O)c2cn(Cc3ccc(-c4ccccc4)cc3)c3ccccc23)C(=O)S(=O)(=O)c2ccc(Cl)c([N+](=O)[O-])c2)cc1. The average molecular weight is 736 g/mol. The third-order valence-electron chi connectivity index (χ3n) is 8.56. The van der Waals surface area contributed by atoms with Crippen LogP contribution in [0.5, 0.6) is 5.75 Å². The van der Waals surface area contributed by atoms with Crippen molar-refractivity contribution in [2.24, 2.45) is 0 Å². The number of nitro groups is 1. The van der Waals surface area contributed by atoms with Crippen LogP contribution in [0.25, 0.3) is 22.0 Å². The van der Waals surface area contributed by atoms with E-state index in [1.165, 1.54) is 0 Å². The van der Waals surface area contributed by atoms with E-state index in [1.54, 1.807) is 42.6 Å². The van der Waals surface area contributed by atoms with Crippen molar-refractivity contribution in [1.82, 2.24) is 9.88 Å². The van der Waals surface area contributed by atoms with Crippen LogP contribution in [-0.4, -0.2) is 41.6 Å². The molecule has 6 rings (SSSR count). The first kappa shape index (κ1) is 36.0. The molecule has 0 aliphatic rings. The third-order valence-corrected chi connectivity index (χ3v) is 10.6. The summed E-state index contributed by atoms with van der Waals surface area (Å²) < 4.78 is 34.9. The first-order valence-electron chi connectivity index (χ1n) is 16.5. The molecule has 1 atom stereocenters. The fourth-order valence-electron chi connectivity index (χ4n) is 5.90. The second-order valence-electron chi connectivity index (χ2n) is 12.2. The van der Waals surface area contributed by atoms with Gasteiger partial charge in [-0.2, -0.15) is 0 Å². The lowest BCUT2D eigenvalue weighted by atomic mass is 10.0. The molecule has 5 aromatic carbocycles. The molecule has 6 aromatic rings. The maximum atomic E-state index is 14.1. The molecule has 1 N–H and O–H groups in total. The molecule has 0 aliphatic heterocycles. The number of halogens is 1. The largest absolute Gasteiger partial charge is 0.494 e. The van der Waals surface area contributed by atoms with Crippen LogP contribution in [0.2, 0.25) is 5.02 Å². The van der Waals surface area contributed by atoms with Gasteiger partial charge in [0.1, 0.15) is 16.8 Å². The number of aromatic nitrogens is 1. The number of rotatable bonds is 13. The number of benzene rings is 5. The summed E-state index contributed by atoms with van der Waals surface area (Å²) in [7, 11) is -4.83. The number of amides is 1. The summed E-state index contributed by atoms with van der Waals surface area (Å²) in [6.07, 6.45) is 2.31. The molecule has 0 unspecified atom stereocenters. The van der Waals surface area contributed by atoms with Crippen molar-refractivity contribution in [2.45, 2.75) is 37.2 Å². The van der Waals surface area contributed by atoms with Crippen molar-refractivity contribution < 1.29 is 27.7 Å². The second-order valence-corrected chi connectivity index (χ2v) is 14.5. The van der Waals surface area contributed by atoms with E-state index in [4.69, 9.17) is 16.3 Å². The van der Waals surface area contributed by atoms with Crippen molar-refractivity contribution in [3.63, 3.8) is 0 Å². The predicted octanol–water partition coefficient (Wildman–Crippen LogP) is 8.05. The van der Waals surface area contributed by atoms with Crippen molar-refractivity contribution in [2.75, 3.05) is 6.61 Å². The van der Waals surface area contributed by atoms with E-state index in [-0.39, 0.29) is 17.0 Å². The summed E-state index contributed by atoms with van der Waals surface area (Å²) in [6, 6.07) is 33.5. The highest BCUT2D eigenvalue weighted by Gasteiger charge is 2.35. The Kier molecular flexibility index (Phi) is 10.8. The monoisotopic (exact) mass is 735 g/mol. The Bertz CT molecular complexity index is 2360. The zero-order valence-corrected chi connectivity index (χ0v) is 29.6. The number of sulfone groups is 1. The van der Waals surface area contributed by atoms with Crippen LogP contribution in [0.1, 0.15) is 34.8 Å². The van der Waals surface area contributed by atoms with E-state index in [9.17, 15) is 28.1 Å². The van der Waals surface area contributed by atoms with Crippen LogP contribution in [-0.2, 0) is 27.6 Å². The van der Waals surface area contributed by atoms with Gasteiger partial charge in [-0.15, -0.1) is 0 Å². The Morgan fingerprint density at radius 2 is 1.52 bits per heavy atom. The lowest BCUT2D eigenvalue weighted by Crippen LogP contribution is -2.45. The number of hydrogen-bond acceptors (Lipinski definition) is 7. The van der Waals surface area contributed by atoms with Gasteiger partial charge >= 0.3 is 0 Å². The standard InChI is InChI=1S/C40H34ClN3O7S/c1-2-22-51-31-18-14-27(15-19-31)23-36(40(46)52(49,50)32-20-21-35(41)38(24-32)44(47)48)42-39(45)34-26-43(37-11-7-6-10-33(34)37)25-28-12-16-30(17-13-28)29-8-4-3-5-9-29/h3-21,24,26,36H,2,22-23,25H2,1H3,(H,42,45)/t36-/m0/s1. The number of nitro benzene ring substituents is 1. The van der Waals surface area contributed by atoms with Crippen molar-refractivity contribution in [3.05, 3.63) is 159 Å². The predicted molar refractivity (Wildman–Crippen MR) is 200 cm³/mol. The minimum absolute atomic E-state index is 0.181. The van der Waals surface area contributed by atoms with E-state index < -0.39 is 42.4 Å². The molecule has 12 heteroatoms. The maximum Gasteiger partial charge on any atom is 0.289 e. The third kappa shape index (κ3) is 7.91. The summed E-state index contributed by atoms with van der Waals surface area (Å²) in [5, 5.41) is 13.2. The summed E-state index contributed by atoms with van der Waals surface area (Å²) in [4.78, 5) is 38.0. The molecule has 52 heavy (non-hydrogen) atoms. The van der Waals surface area contributed by atoms with Gasteiger partial charge in [0, 0.05) is 36.1 Å². The maximum absolute atomic E-state index is 14.1. The molecule has 1 aromatic heterocycles. The minimum Gasteiger partial charge on any atom is -0.494 e. The van der Waals surface area contributed by atoms with Crippen molar-refractivity contribution in [3.8, 4) is 16.9 Å². The molecule has 0 spiro atoms. The molecule has 1 heterocycles. The molecule has 0 saturated heterocycles. The quantitative estimate of drug-likeness (QED) is 0.0936. The number of ether oxygens (including phenoxy) is 1. The highest BCUT2D eigenvalue weighted by molar-refractivity contribution is 8.06. The van der Waals surface area contributed by atoms with Gasteiger partial charge in [-0.25, -0.2) is 8.42 Å². The number of nitrogens with zero attached hydrogens (tertiary/aromatic N) is 2. The molecule has 10 nitrogen and oxygen atoms in total. The van der Waals surface area contributed by atoms with Gasteiger partial charge in [0.15, 0.2) is 0 Å². The molecule has 0 aliphatic carbocycles. The van der Waals surface area contributed by atoms with E-state index in [0.717, 1.165) is 46.8 Å². The summed E-state index contributed by atoms with van der Waals surface area (Å²) in [6.45, 7) is 2.93. The average Bonchev–Trinajstić information content (AvgIpc) is 3.52. The van der Waals surface area contributed by atoms with E-state index >= 15 is 0 Å². The number of fused-ring (bicyclic) bond motifs is 1. The Morgan fingerprint density at radius 1 is 0.865 bits per heavy atom. The van der Waals surface area contributed by atoms with Crippen LogP contribution in [0.4, 0.5) is 5.69 Å². The molecular weight excluding hydrogens is 702 g/mol. The zero-order chi connectivity index (χ0) is 36.8. The van der Waals surface area contributed by atoms with Crippen LogP contribution in [0.3, 0.4) is 0 Å². The van der Waals surface area contributed by atoms with Crippen molar-refractivity contribution in [1.29, 1.82) is 0 Å². The molecule has 0 bridgehead atoms. The lowest BCUT2D eigenvalue weighted by Gasteiger charge is -2.18. The second kappa shape index (κ2) is 15.6.